The van der Waals surface area contributed by atoms with E-state index in [1.54, 1.807) is 6.07 Å². The molecule has 1 aromatic carbocycles. The first kappa shape index (κ1) is 20.1. The number of benzene rings is 1. The molecule has 0 aliphatic carbocycles. The van der Waals surface area contributed by atoms with Crippen molar-refractivity contribution in [3.8, 4) is 5.75 Å². The van der Waals surface area contributed by atoms with E-state index in [-0.39, 0.29) is 46.9 Å². The van der Waals surface area contributed by atoms with E-state index in [9.17, 15) is 16.8 Å². The maximum atomic E-state index is 13.1. The maximum absolute atomic E-state index is 13.1. The first-order chi connectivity index (χ1) is 12.8. The summed E-state index contributed by atoms with van der Waals surface area (Å²) in [5.41, 5.74) is 0. The molecule has 0 bridgehead atoms. The van der Waals surface area contributed by atoms with Crippen LogP contribution in [0.15, 0.2) is 40.6 Å². The van der Waals surface area contributed by atoms with Crippen LogP contribution in [-0.2, 0) is 20.0 Å². The molecule has 12 heteroatoms. The van der Waals surface area contributed by atoms with Gasteiger partial charge in [0.2, 0.25) is 10.0 Å². The molecule has 1 aliphatic rings. The zero-order valence-corrected chi connectivity index (χ0v) is 16.9. The molecule has 3 rings (SSSR count). The SMILES string of the molecule is COc1ccc(Cl)cc1S(=O)(=O)N1CCCN(S(=O)(=O)c2cnc[nH]2)CC1. The Bertz CT molecular complexity index is 1010. The lowest BCUT2D eigenvalue weighted by molar-refractivity contribution is 0.388. The highest BCUT2D eigenvalue weighted by atomic mass is 35.5. The van der Waals surface area contributed by atoms with Gasteiger partial charge in [-0.1, -0.05) is 11.6 Å². The quantitative estimate of drug-likeness (QED) is 0.755. The first-order valence-electron chi connectivity index (χ1n) is 8.09. The second kappa shape index (κ2) is 7.76. The Balaban J connectivity index is 1.85. The van der Waals surface area contributed by atoms with Crippen molar-refractivity contribution in [1.82, 2.24) is 18.6 Å². The molecule has 0 spiro atoms. The van der Waals surface area contributed by atoms with Crippen molar-refractivity contribution in [1.29, 1.82) is 0 Å². The molecule has 0 atom stereocenters. The average Bonchev–Trinajstić information content (AvgIpc) is 3.06. The van der Waals surface area contributed by atoms with Crippen LogP contribution in [0.25, 0.3) is 0 Å². The number of hydrogen-bond donors (Lipinski definition) is 1. The van der Waals surface area contributed by atoms with Gasteiger partial charge in [-0.3, -0.25) is 0 Å². The summed E-state index contributed by atoms with van der Waals surface area (Å²) in [6.07, 6.45) is 2.87. The van der Waals surface area contributed by atoms with Gasteiger partial charge in [-0.25, -0.2) is 21.8 Å². The minimum absolute atomic E-state index is 0.0182. The smallest absolute Gasteiger partial charge is 0.260 e. The van der Waals surface area contributed by atoms with Crippen molar-refractivity contribution < 1.29 is 21.6 Å². The molecular formula is C15H19ClN4O5S2. The van der Waals surface area contributed by atoms with Gasteiger partial charge < -0.3 is 9.72 Å². The van der Waals surface area contributed by atoms with Crippen LogP contribution in [0.5, 0.6) is 5.75 Å². The van der Waals surface area contributed by atoms with E-state index in [1.165, 1.54) is 40.4 Å². The van der Waals surface area contributed by atoms with Crippen LogP contribution in [0.3, 0.4) is 0 Å². The van der Waals surface area contributed by atoms with E-state index in [2.05, 4.69) is 9.97 Å². The van der Waals surface area contributed by atoms with Gasteiger partial charge in [0, 0.05) is 31.2 Å². The second-order valence-corrected chi connectivity index (χ2v) is 10.1. The van der Waals surface area contributed by atoms with Crippen molar-refractivity contribution in [2.24, 2.45) is 0 Å². The lowest BCUT2D eigenvalue weighted by Gasteiger charge is -2.22. The van der Waals surface area contributed by atoms with Crippen molar-refractivity contribution in [3.63, 3.8) is 0 Å². The third kappa shape index (κ3) is 3.97. The number of nitrogens with one attached hydrogen (secondary N) is 1. The summed E-state index contributed by atoms with van der Waals surface area (Å²) in [6.45, 7) is 0.446. The Hall–Kier alpha value is -1.66. The van der Waals surface area contributed by atoms with Gasteiger partial charge in [0.25, 0.3) is 10.0 Å². The van der Waals surface area contributed by atoms with Crippen molar-refractivity contribution in [2.45, 2.75) is 16.3 Å². The largest absolute Gasteiger partial charge is 0.495 e. The molecule has 27 heavy (non-hydrogen) atoms. The van der Waals surface area contributed by atoms with E-state index in [0.717, 1.165) is 0 Å². The van der Waals surface area contributed by atoms with E-state index in [4.69, 9.17) is 16.3 Å². The molecule has 0 saturated carbocycles. The highest BCUT2D eigenvalue weighted by Crippen LogP contribution is 2.30. The third-order valence-electron chi connectivity index (χ3n) is 4.25. The fourth-order valence-corrected chi connectivity index (χ4v) is 6.12. The van der Waals surface area contributed by atoms with Crippen LogP contribution in [0, 0.1) is 0 Å². The van der Waals surface area contributed by atoms with E-state index >= 15 is 0 Å². The summed E-state index contributed by atoms with van der Waals surface area (Å²) in [6, 6.07) is 4.36. The van der Waals surface area contributed by atoms with Crippen LogP contribution in [-0.4, -0.2) is 68.7 Å². The zero-order valence-electron chi connectivity index (χ0n) is 14.5. The van der Waals surface area contributed by atoms with Gasteiger partial charge in [0.1, 0.15) is 10.6 Å². The van der Waals surface area contributed by atoms with Crippen LogP contribution in [0.4, 0.5) is 0 Å². The Morgan fingerprint density at radius 2 is 1.74 bits per heavy atom. The number of imidazole rings is 1. The van der Waals surface area contributed by atoms with Gasteiger partial charge in [-0.15, -0.1) is 0 Å². The number of sulfonamides is 2. The predicted molar refractivity (Wildman–Crippen MR) is 98.7 cm³/mol. The average molecular weight is 435 g/mol. The monoisotopic (exact) mass is 434 g/mol. The van der Waals surface area contributed by atoms with Crippen LogP contribution in [0.1, 0.15) is 6.42 Å². The molecule has 1 fully saturated rings. The molecule has 1 aliphatic heterocycles. The summed E-state index contributed by atoms with van der Waals surface area (Å²) in [5, 5.41) is 0.253. The Morgan fingerprint density at radius 3 is 2.33 bits per heavy atom. The number of H-pyrrole nitrogens is 1. The van der Waals surface area contributed by atoms with Crippen molar-refractivity contribution in [3.05, 3.63) is 35.7 Å². The second-order valence-electron chi connectivity index (χ2n) is 5.87. The number of aromatic nitrogens is 2. The van der Waals surface area contributed by atoms with E-state index < -0.39 is 20.0 Å². The minimum Gasteiger partial charge on any atom is -0.495 e. The lowest BCUT2D eigenvalue weighted by Crippen LogP contribution is -2.37. The molecule has 0 amide bonds. The lowest BCUT2D eigenvalue weighted by atomic mass is 10.3. The van der Waals surface area contributed by atoms with Crippen LogP contribution >= 0.6 is 11.6 Å². The number of aromatic amines is 1. The fraction of sp³-hybridized carbons (Fsp3) is 0.400. The number of hydrogen-bond acceptors (Lipinski definition) is 6. The van der Waals surface area contributed by atoms with Crippen LogP contribution in [0.2, 0.25) is 5.02 Å². The summed E-state index contributed by atoms with van der Waals surface area (Å²) in [5.74, 6) is 0.186. The van der Waals surface area contributed by atoms with Gasteiger partial charge in [-0.05, 0) is 24.6 Å². The molecule has 0 radical (unpaired) electrons. The summed E-state index contributed by atoms with van der Waals surface area (Å²) in [7, 11) is -6.26. The standard InChI is InChI=1S/C15H19ClN4O5S2/c1-25-13-4-3-12(16)9-14(13)26(21,22)19-5-2-6-20(8-7-19)27(23,24)15-10-17-11-18-15/h3-4,9-11H,2,5-8H2,1H3,(H,17,18). The molecule has 148 valence electrons. The Kier molecular flexibility index (Phi) is 5.77. The van der Waals surface area contributed by atoms with Gasteiger partial charge >= 0.3 is 0 Å². The summed E-state index contributed by atoms with van der Waals surface area (Å²) >= 11 is 5.96. The first-order valence-corrected chi connectivity index (χ1v) is 11.3. The molecule has 2 aromatic rings. The molecule has 2 heterocycles. The van der Waals surface area contributed by atoms with Gasteiger partial charge in [-0.2, -0.15) is 8.61 Å². The Labute approximate surface area is 163 Å². The summed E-state index contributed by atoms with van der Waals surface area (Å²) in [4.78, 5) is 6.27. The number of methoxy groups -OCH3 is 1. The molecule has 1 aromatic heterocycles. The van der Waals surface area contributed by atoms with Gasteiger partial charge in [0.15, 0.2) is 5.03 Å². The topological polar surface area (TPSA) is 113 Å². The van der Waals surface area contributed by atoms with E-state index in [0.29, 0.717) is 6.42 Å². The highest BCUT2D eigenvalue weighted by Gasteiger charge is 2.33. The number of ether oxygens (including phenoxy) is 1. The number of rotatable bonds is 5. The molecule has 1 saturated heterocycles. The fourth-order valence-electron chi connectivity index (χ4n) is 2.87. The molecule has 9 nitrogen and oxygen atoms in total. The third-order valence-corrected chi connectivity index (χ3v) is 8.23. The molecule has 1 N–H and O–H groups in total. The zero-order chi connectivity index (χ0) is 19.7. The number of nitrogens with zero attached hydrogens (tertiary/aromatic N) is 3. The summed E-state index contributed by atoms with van der Waals surface area (Å²) < 4.78 is 59.0. The van der Waals surface area contributed by atoms with Crippen LogP contribution < -0.4 is 4.74 Å². The van der Waals surface area contributed by atoms with Crippen molar-refractivity contribution >= 4 is 31.6 Å². The maximum Gasteiger partial charge on any atom is 0.260 e. The normalized spacial score (nSPS) is 17.6. The molecule has 0 unspecified atom stereocenters. The van der Waals surface area contributed by atoms with E-state index in [1.807, 2.05) is 0 Å². The Morgan fingerprint density at radius 1 is 1.07 bits per heavy atom. The van der Waals surface area contributed by atoms with Crippen molar-refractivity contribution in [2.75, 3.05) is 33.3 Å². The predicted octanol–water partition coefficient (Wildman–Crippen LogP) is 1.16. The van der Waals surface area contributed by atoms with Gasteiger partial charge in [0.05, 0.1) is 19.6 Å². The molecular weight excluding hydrogens is 416 g/mol. The minimum atomic E-state index is -3.89. The number of halogens is 1. The highest BCUT2D eigenvalue weighted by molar-refractivity contribution is 7.89.